The lowest BCUT2D eigenvalue weighted by atomic mass is 9.96. The third-order valence-corrected chi connectivity index (χ3v) is 4.91. The van der Waals surface area contributed by atoms with Gasteiger partial charge in [-0.1, -0.05) is 0 Å². The van der Waals surface area contributed by atoms with E-state index in [1.165, 1.54) is 10.9 Å². The van der Waals surface area contributed by atoms with Crippen molar-refractivity contribution in [1.82, 2.24) is 24.5 Å². The van der Waals surface area contributed by atoms with Gasteiger partial charge in [0.05, 0.1) is 18.0 Å². The van der Waals surface area contributed by atoms with E-state index in [0.717, 1.165) is 48.7 Å². The fourth-order valence-corrected chi connectivity index (χ4v) is 3.45. The molecule has 7 nitrogen and oxygen atoms in total. The highest BCUT2D eigenvalue weighted by Gasteiger charge is 2.22. The molecule has 9 heteroatoms. The topological polar surface area (TPSA) is 76.8 Å². The van der Waals surface area contributed by atoms with Gasteiger partial charge in [0.1, 0.15) is 17.8 Å². The molecule has 0 atom stereocenters. The maximum absolute atomic E-state index is 12.6. The van der Waals surface area contributed by atoms with Gasteiger partial charge < -0.3 is 4.90 Å². The molecule has 27 heavy (non-hydrogen) atoms. The van der Waals surface area contributed by atoms with E-state index >= 15 is 0 Å². The highest BCUT2D eigenvalue weighted by molar-refractivity contribution is 5.88. The van der Waals surface area contributed by atoms with Crippen LogP contribution in [0.4, 0.5) is 14.6 Å². The standard InChI is InChI=1S/C18H18F2N6O/c19-17(20)14-7-16(27)26(11-24-14)9-12-2-5-25(6-3-12)18-13-1-4-21-8-15(13)22-10-23-18/h1,4,7-8,10-12,17H,2-3,5-6,9H2. The molecular weight excluding hydrogens is 354 g/mol. The van der Waals surface area contributed by atoms with Crippen LogP contribution in [0, 0.1) is 5.92 Å². The number of pyridine rings is 1. The number of alkyl halides is 2. The summed E-state index contributed by atoms with van der Waals surface area (Å²) in [5.41, 5.74) is -0.102. The number of fused-ring (bicyclic) bond motifs is 1. The summed E-state index contributed by atoms with van der Waals surface area (Å²) in [5, 5.41) is 0.967. The number of halogens is 2. The fraction of sp³-hybridized carbons (Fsp3) is 0.389. The molecule has 1 saturated heterocycles. The molecule has 1 aliphatic heterocycles. The van der Waals surface area contributed by atoms with Crippen LogP contribution < -0.4 is 10.5 Å². The Labute approximate surface area is 153 Å². The Kier molecular flexibility index (Phi) is 4.74. The number of hydrogen-bond acceptors (Lipinski definition) is 6. The van der Waals surface area contributed by atoms with Crippen LogP contribution in [0.1, 0.15) is 25.0 Å². The first kappa shape index (κ1) is 17.4. The molecule has 1 aliphatic rings. The van der Waals surface area contributed by atoms with Gasteiger partial charge in [0.15, 0.2) is 0 Å². The van der Waals surface area contributed by atoms with Crippen molar-refractivity contribution in [2.45, 2.75) is 25.8 Å². The van der Waals surface area contributed by atoms with Crippen LogP contribution in [0.2, 0.25) is 0 Å². The molecule has 0 unspecified atom stereocenters. The molecule has 0 spiro atoms. The summed E-state index contributed by atoms with van der Waals surface area (Å²) in [7, 11) is 0. The molecule has 0 aliphatic carbocycles. The maximum Gasteiger partial charge on any atom is 0.280 e. The molecule has 4 heterocycles. The van der Waals surface area contributed by atoms with Crippen molar-refractivity contribution in [2.24, 2.45) is 5.92 Å². The van der Waals surface area contributed by atoms with Gasteiger partial charge in [-0.25, -0.2) is 23.7 Å². The molecule has 1 fully saturated rings. The van der Waals surface area contributed by atoms with Crippen molar-refractivity contribution in [3.05, 3.63) is 53.2 Å². The SMILES string of the molecule is O=c1cc(C(F)F)ncn1CC1CCN(c2ncnc3cnccc23)CC1. The van der Waals surface area contributed by atoms with Crippen molar-refractivity contribution < 1.29 is 8.78 Å². The highest BCUT2D eigenvalue weighted by Crippen LogP contribution is 2.27. The zero-order chi connectivity index (χ0) is 18.8. The van der Waals surface area contributed by atoms with E-state index in [1.807, 2.05) is 6.07 Å². The summed E-state index contributed by atoms with van der Waals surface area (Å²) in [5.74, 6) is 1.17. The zero-order valence-corrected chi connectivity index (χ0v) is 14.5. The van der Waals surface area contributed by atoms with E-state index in [2.05, 4.69) is 24.8 Å². The van der Waals surface area contributed by atoms with Gasteiger partial charge in [0.2, 0.25) is 0 Å². The first-order valence-electron chi connectivity index (χ1n) is 8.76. The first-order valence-corrected chi connectivity index (χ1v) is 8.76. The minimum Gasteiger partial charge on any atom is -0.356 e. The Morgan fingerprint density at radius 3 is 2.74 bits per heavy atom. The summed E-state index contributed by atoms with van der Waals surface area (Å²) >= 11 is 0. The second-order valence-electron chi connectivity index (χ2n) is 6.63. The average Bonchev–Trinajstić information content (AvgIpc) is 2.69. The summed E-state index contributed by atoms with van der Waals surface area (Å²) in [6.45, 7) is 2.09. The molecule has 0 amide bonds. The molecular formula is C18H18F2N6O. The highest BCUT2D eigenvalue weighted by atomic mass is 19.3. The van der Waals surface area contributed by atoms with E-state index in [0.29, 0.717) is 6.54 Å². The number of hydrogen-bond donors (Lipinski definition) is 0. The van der Waals surface area contributed by atoms with Crippen LogP contribution in [-0.2, 0) is 6.54 Å². The predicted molar refractivity (Wildman–Crippen MR) is 95.7 cm³/mol. The minimum absolute atomic E-state index is 0.285. The van der Waals surface area contributed by atoms with Gasteiger partial charge in [0, 0.05) is 37.3 Å². The van der Waals surface area contributed by atoms with Crippen LogP contribution in [0.25, 0.3) is 10.9 Å². The van der Waals surface area contributed by atoms with Gasteiger partial charge in [-0.3, -0.25) is 14.3 Å². The van der Waals surface area contributed by atoms with Crippen molar-refractivity contribution in [1.29, 1.82) is 0 Å². The lowest BCUT2D eigenvalue weighted by molar-refractivity contribution is 0.145. The van der Waals surface area contributed by atoms with Crippen molar-refractivity contribution >= 4 is 16.7 Å². The number of anilines is 1. The lowest BCUT2D eigenvalue weighted by Gasteiger charge is -2.33. The third-order valence-electron chi connectivity index (χ3n) is 4.91. The lowest BCUT2D eigenvalue weighted by Crippen LogP contribution is -2.37. The first-order chi connectivity index (χ1) is 13.1. The fourth-order valence-electron chi connectivity index (χ4n) is 3.45. The van der Waals surface area contributed by atoms with E-state index in [4.69, 9.17) is 0 Å². The van der Waals surface area contributed by atoms with Crippen LogP contribution in [-0.4, -0.2) is 37.6 Å². The monoisotopic (exact) mass is 372 g/mol. The normalized spacial score (nSPS) is 15.6. The van der Waals surface area contributed by atoms with E-state index in [1.54, 1.807) is 18.7 Å². The van der Waals surface area contributed by atoms with Crippen LogP contribution in [0.5, 0.6) is 0 Å². The van der Waals surface area contributed by atoms with E-state index < -0.39 is 17.7 Å². The predicted octanol–water partition coefficient (Wildman–Crippen LogP) is 2.44. The van der Waals surface area contributed by atoms with Gasteiger partial charge in [-0.2, -0.15) is 0 Å². The van der Waals surface area contributed by atoms with E-state index in [-0.39, 0.29) is 5.92 Å². The average molecular weight is 372 g/mol. The number of nitrogens with zero attached hydrogens (tertiary/aromatic N) is 6. The van der Waals surface area contributed by atoms with Gasteiger partial charge in [-0.15, -0.1) is 0 Å². The zero-order valence-electron chi connectivity index (χ0n) is 14.5. The summed E-state index contributed by atoms with van der Waals surface area (Å²) < 4.78 is 26.7. The Bertz CT molecular complexity index is 995. The molecule has 3 aromatic rings. The summed E-state index contributed by atoms with van der Waals surface area (Å²) in [6.07, 6.45) is 5.23. The van der Waals surface area contributed by atoms with Crippen molar-refractivity contribution in [3.8, 4) is 0 Å². The smallest absolute Gasteiger partial charge is 0.280 e. The molecule has 0 bridgehead atoms. The van der Waals surface area contributed by atoms with Gasteiger partial charge >= 0.3 is 0 Å². The number of aromatic nitrogens is 5. The molecule has 140 valence electrons. The summed E-state index contributed by atoms with van der Waals surface area (Å²) in [4.78, 5) is 30.7. The number of rotatable bonds is 4. The molecule has 4 rings (SSSR count). The molecule has 0 radical (unpaired) electrons. The second kappa shape index (κ2) is 7.34. The van der Waals surface area contributed by atoms with Crippen molar-refractivity contribution in [3.63, 3.8) is 0 Å². The Morgan fingerprint density at radius 1 is 1.19 bits per heavy atom. The Balaban J connectivity index is 1.44. The summed E-state index contributed by atoms with van der Waals surface area (Å²) in [6, 6.07) is 2.83. The van der Waals surface area contributed by atoms with E-state index in [9.17, 15) is 13.6 Å². The Morgan fingerprint density at radius 2 is 2.00 bits per heavy atom. The van der Waals surface area contributed by atoms with Crippen LogP contribution in [0.15, 0.2) is 42.0 Å². The third kappa shape index (κ3) is 3.62. The molecule has 3 aromatic heterocycles. The molecule has 0 saturated carbocycles. The minimum atomic E-state index is -2.73. The number of piperidine rings is 1. The van der Waals surface area contributed by atoms with Gasteiger partial charge in [-0.05, 0) is 24.8 Å². The van der Waals surface area contributed by atoms with Gasteiger partial charge in [0.25, 0.3) is 12.0 Å². The molecule has 0 aromatic carbocycles. The van der Waals surface area contributed by atoms with Crippen LogP contribution in [0.3, 0.4) is 0 Å². The quantitative estimate of drug-likeness (QED) is 0.700. The van der Waals surface area contributed by atoms with Crippen LogP contribution >= 0.6 is 0 Å². The largest absolute Gasteiger partial charge is 0.356 e. The molecule has 0 N–H and O–H groups in total. The Hall–Kier alpha value is -2.97. The maximum atomic E-state index is 12.6. The van der Waals surface area contributed by atoms with Crippen molar-refractivity contribution in [2.75, 3.05) is 18.0 Å². The second-order valence-corrected chi connectivity index (χ2v) is 6.63.